The van der Waals surface area contributed by atoms with Crippen molar-refractivity contribution in [2.75, 3.05) is 19.6 Å². The van der Waals surface area contributed by atoms with Crippen LogP contribution in [0.15, 0.2) is 18.2 Å². The lowest BCUT2D eigenvalue weighted by molar-refractivity contribution is -0.384. The number of fused-ring (bicyclic) bond motifs is 1. The fourth-order valence-electron chi connectivity index (χ4n) is 3.67. The molecule has 11 nitrogen and oxygen atoms in total. The monoisotopic (exact) mass is 430 g/mol. The molecule has 0 saturated carbocycles. The molecule has 0 aliphatic carbocycles. The molecule has 31 heavy (non-hydrogen) atoms. The Labute approximate surface area is 177 Å². The minimum absolute atomic E-state index is 0.0285. The molecule has 1 saturated heterocycles. The van der Waals surface area contributed by atoms with Crippen LogP contribution in [0.4, 0.5) is 5.69 Å². The van der Waals surface area contributed by atoms with Gasteiger partial charge >= 0.3 is 0 Å². The van der Waals surface area contributed by atoms with E-state index in [0.29, 0.717) is 25.9 Å². The van der Waals surface area contributed by atoms with E-state index in [9.17, 15) is 34.1 Å². The molecular formula is C20H22N4O7. The largest absolute Gasteiger partial charge is 0.352 e. The summed E-state index contributed by atoms with van der Waals surface area (Å²) in [7, 11) is 0. The van der Waals surface area contributed by atoms with Crippen LogP contribution >= 0.6 is 0 Å². The summed E-state index contributed by atoms with van der Waals surface area (Å²) in [5.41, 5.74) is -0.374. The first-order valence-electron chi connectivity index (χ1n) is 9.88. The van der Waals surface area contributed by atoms with E-state index in [1.165, 1.54) is 13.0 Å². The summed E-state index contributed by atoms with van der Waals surface area (Å²) in [6, 6.07) is 3.18. The van der Waals surface area contributed by atoms with Gasteiger partial charge in [0, 0.05) is 44.1 Å². The minimum Gasteiger partial charge on any atom is -0.352 e. The molecule has 0 radical (unpaired) electrons. The van der Waals surface area contributed by atoms with Crippen molar-refractivity contribution < 1.29 is 28.9 Å². The zero-order valence-electron chi connectivity index (χ0n) is 17.0. The maximum absolute atomic E-state index is 12.5. The van der Waals surface area contributed by atoms with Crippen molar-refractivity contribution in [3.8, 4) is 0 Å². The number of piperidine rings is 1. The van der Waals surface area contributed by atoms with Gasteiger partial charge in [-0.3, -0.25) is 34.2 Å². The number of likely N-dealkylation sites (tertiary alicyclic amines) is 1. The van der Waals surface area contributed by atoms with Crippen molar-refractivity contribution in [2.24, 2.45) is 0 Å². The number of nitro groups is 1. The molecule has 0 bridgehead atoms. The van der Waals surface area contributed by atoms with E-state index in [1.807, 2.05) is 0 Å². The molecule has 1 aromatic rings. The molecule has 2 aliphatic heterocycles. The van der Waals surface area contributed by atoms with Gasteiger partial charge in [0.1, 0.15) is 12.3 Å². The summed E-state index contributed by atoms with van der Waals surface area (Å²) < 4.78 is 0. The lowest BCUT2D eigenvalue weighted by atomic mass is 10.0. The van der Waals surface area contributed by atoms with Crippen molar-refractivity contribution in [1.82, 2.24) is 15.1 Å². The number of nitrogens with one attached hydrogen (secondary N) is 1. The van der Waals surface area contributed by atoms with Crippen LogP contribution in [0.1, 0.15) is 53.3 Å². The number of nitro benzene ring substituents is 1. The van der Waals surface area contributed by atoms with Gasteiger partial charge in [-0.1, -0.05) is 0 Å². The van der Waals surface area contributed by atoms with Crippen LogP contribution < -0.4 is 5.32 Å². The molecule has 1 aromatic carbocycles. The average molecular weight is 430 g/mol. The molecule has 1 N–H and O–H groups in total. The molecule has 2 heterocycles. The number of hydrogen-bond donors (Lipinski definition) is 1. The van der Waals surface area contributed by atoms with Gasteiger partial charge in [0.05, 0.1) is 16.1 Å². The highest BCUT2D eigenvalue weighted by Crippen LogP contribution is 2.26. The maximum atomic E-state index is 12.5. The number of Topliss-reactive ketones (excluding diaryl/α,β-unsaturated/α-hetero) is 1. The van der Waals surface area contributed by atoms with E-state index in [2.05, 4.69) is 5.32 Å². The number of rotatable bonds is 7. The summed E-state index contributed by atoms with van der Waals surface area (Å²) in [6.07, 6.45) is 1.42. The molecule has 3 rings (SSSR count). The van der Waals surface area contributed by atoms with Crippen LogP contribution in [0.25, 0.3) is 0 Å². The molecule has 2 aliphatic rings. The lowest BCUT2D eigenvalue weighted by Gasteiger charge is -2.32. The van der Waals surface area contributed by atoms with Crippen LogP contribution in [-0.2, 0) is 14.4 Å². The van der Waals surface area contributed by atoms with Crippen molar-refractivity contribution >= 4 is 35.1 Å². The number of hydrogen-bond acceptors (Lipinski definition) is 7. The van der Waals surface area contributed by atoms with Crippen LogP contribution in [0, 0.1) is 10.1 Å². The van der Waals surface area contributed by atoms with Gasteiger partial charge in [0.2, 0.25) is 11.8 Å². The second-order valence-electron chi connectivity index (χ2n) is 7.61. The van der Waals surface area contributed by atoms with E-state index < -0.39 is 29.2 Å². The zero-order chi connectivity index (χ0) is 22.7. The van der Waals surface area contributed by atoms with E-state index in [-0.39, 0.29) is 47.4 Å². The summed E-state index contributed by atoms with van der Waals surface area (Å²) >= 11 is 0. The summed E-state index contributed by atoms with van der Waals surface area (Å²) in [4.78, 5) is 73.0. The molecule has 0 aromatic heterocycles. The van der Waals surface area contributed by atoms with Crippen molar-refractivity contribution in [3.05, 3.63) is 39.4 Å². The van der Waals surface area contributed by atoms with Gasteiger partial charge in [-0.05, 0) is 25.8 Å². The first-order valence-corrected chi connectivity index (χ1v) is 9.88. The third-order valence-corrected chi connectivity index (χ3v) is 5.37. The number of carbonyl (C=O) groups is 5. The molecule has 11 heteroatoms. The normalized spacial score (nSPS) is 16.3. The zero-order valence-corrected chi connectivity index (χ0v) is 17.0. The fraction of sp³-hybridized carbons (Fsp3) is 0.450. The van der Waals surface area contributed by atoms with Crippen LogP contribution in [-0.4, -0.2) is 69.8 Å². The highest BCUT2D eigenvalue weighted by atomic mass is 16.6. The smallest absolute Gasteiger partial charge is 0.270 e. The number of nitrogens with zero attached hydrogens (tertiary/aromatic N) is 3. The Bertz CT molecular complexity index is 966. The van der Waals surface area contributed by atoms with Gasteiger partial charge in [0.25, 0.3) is 17.5 Å². The summed E-state index contributed by atoms with van der Waals surface area (Å²) in [6.45, 7) is 1.83. The van der Waals surface area contributed by atoms with Crippen molar-refractivity contribution in [3.63, 3.8) is 0 Å². The van der Waals surface area contributed by atoms with E-state index in [1.54, 1.807) is 4.90 Å². The van der Waals surface area contributed by atoms with Gasteiger partial charge in [-0.2, -0.15) is 0 Å². The molecule has 0 atom stereocenters. The number of carbonyl (C=O) groups excluding carboxylic acids is 5. The second kappa shape index (κ2) is 9.02. The Kier molecular flexibility index (Phi) is 6.42. The second-order valence-corrected chi connectivity index (χ2v) is 7.61. The topological polar surface area (TPSA) is 147 Å². The van der Waals surface area contributed by atoms with Gasteiger partial charge in [-0.15, -0.1) is 0 Å². The average Bonchev–Trinajstić information content (AvgIpc) is 2.96. The maximum Gasteiger partial charge on any atom is 0.270 e. The third kappa shape index (κ3) is 4.93. The van der Waals surface area contributed by atoms with Gasteiger partial charge in [-0.25, -0.2) is 0 Å². The number of benzene rings is 1. The summed E-state index contributed by atoms with van der Waals surface area (Å²) in [5.74, 6) is -2.08. The predicted octanol–water partition coefficient (Wildman–Crippen LogP) is 0.667. The van der Waals surface area contributed by atoms with E-state index in [4.69, 9.17) is 0 Å². The van der Waals surface area contributed by atoms with Crippen LogP contribution in [0.3, 0.4) is 0 Å². The molecule has 164 valence electrons. The number of non-ortho nitro benzene ring substituents is 1. The van der Waals surface area contributed by atoms with Crippen molar-refractivity contribution in [2.45, 2.75) is 38.6 Å². The highest BCUT2D eigenvalue weighted by Gasteiger charge is 2.38. The Balaban J connectivity index is 1.52. The summed E-state index contributed by atoms with van der Waals surface area (Å²) in [5, 5.41) is 13.7. The number of amides is 4. The van der Waals surface area contributed by atoms with E-state index in [0.717, 1.165) is 17.0 Å². The molecule has 4 amide bonds. The van der Waals surface area contributed by atoms with Crippen molar-refractivity contribution in [1.29, 1.82) is 0 Å². The van der Waals surface area contributed by atoms with Crippen LogP contribution in [0.5, 0.6) is 0 Å². The SMILES string of the molecule is CC(=O)CCC(=O)N1CCC(NC(=O)CN2C(=O)c3ccc([N+](=O)[O-])cc3C2=O)CC1. The highest BCUT2D eigenvalue weighted by molar-refractivity contribution is 6.22. The standard InChI is InChI=1S/C20H22N4O7/c1-12(25)2-5-18(27)22-8-6-13(7-9-22)21-17(26)11-23-19(28)15-4-3-14(24(30)31)10-16(15)20(23)29/h3-4,10,13H,2,5-9,11H2,1H3,(H,21,26). The quantitative estimate of drug-likeness (QED) is 0.380. The first-order chi connectivity index (χ1) is 14.7. The first kappa shape index (κ1) is 22.1. The molecule has 0 spiro atoms. The van der Waals surface area contributed by atoms with Gasteiger partial charge < -0.3 is 15.0 Å². The Morgan fingerprint density at radius 2 is 1.74 bits per heavy atom. The molecular weight excluding hydrogens is 408 g/mol. The Morgan fingerprint density at radius 3 is 2.35 bits per heavy atom. The Morgan fingerprint density at radius 1 is 1.10 bits per heavy atom. The van der Waals surface area contributed by atoms with Gasteiger partial charge in [0.15, 0.2) is 0 Å². The van der Waals surface area contributed by atoms with E-state index >= 15 is 0 Å². The molecule has 0 unspecified atom stereocenters. The third-order valence-electron chi connectivity index (χ3n) is 5.37. The minimum atomic E-state index is -0.746. The molecule has 1 fully saturated rings. The van der Waals surface area contributed by atoms with Crippen LogP contribution in [0.2, 0.25) is 0 Å². The number of imide groups is 1. The predicted molar refractivity (Wildman–Crippen MR) is 106 cm³/mol. The Hall–Kier alpha value is -3.63. The number of ketones is 1. The fourth-order valence-corrected chi connectivity index (χ4v) is 3.67. The lowest BCUT2D eigenvalue weighted by Crippen LogP contribution is -2.49.